The lowest BCUT2D eigenvalue weighted by atomic mass is 9.98. The van der Waals surface area contributed by atoms with E-state index < -0.39 is 0 Å². The standard InChI is InChI=1S/C16H15BrO/c1-11-8-9-14(12(2)10-11)16(18)15(17)13-6-4-3-5-7-13/h3-10,15H,1-2H3. The molecular formula is C16H15BrO. The second-order valence-electron chi connectivity index (χ2n) is 4.46. The fourth-order valence-electron chi connectivity index (χ4n) is 2.00. The van der Waals surface area contributed by atoms with E-state index in [0.717, 1.165) is 16.7 Å². The lowest BCUT2D eigenvalue weighted by Crippen LogP contribution is -2.08. The molecule has 2 aromatic carbocycles. The molecule has 18 heavy (non-hydrogen) atoms. The molecule has 0 saturated heterocycles. The minimum absolute atomic E-state index is 0.110. The summed E-state index contributed by atoms with van der Waals surface area (Å²) in [5, 5.41) is 0. The van der Waals surface area contributed by atoms with Crippen LogP contribution in [0.4, 0.5) is 0 Å². The summed E-state index contributed by atoms with van der Waals surface area (Å²) in [4.78, 5) is 12.2. The first-order chi connectivity index (χ1) is 8.59. The van der Waals surface area contributed by atoms with Gasteiger partial charge in [0.2, 0.25) is 0 Å². The molecule has 0 aromatic heterocycles. The van der Waals surface area contributed by atoms with E-state index >= 15 is 0 Å². The van der Waals surface area contributed by atoms with Gasteiger partial charge in [-0.05, 0) is 25.0 Å². The summed E-state index contributed by atoms with van der Waals surface area (Å²) in [6.07, 6.45) is 0. The molecule has 1 nitrogen and oxygen atoms in total. The third kappa shape index (κ3) is 2.70. The molecule has 2 heteroatoms. The van der Waals surface area contributed by atoms with Crippen LogP contribution in [0.25, 0.3) is 0 Å². The zero-order valence-corrected chi connectivity index (χ0v) is 12.1. The number of alkyl halides is 1. The third-order valence-electron chi connectivity index (χ3n) is 2.97. The number of halogens is 1. The van der Waals surface area contributed by atoms with Gasteiger partial charge in [-0.25, -0.2) is 0 Å². The highest BCUT2D eigenvalue weighted by Gasteiger charge is 2.19. The van der Waals surface area contributed by atoms with Crippen LogP contribution in [-0.2, 0) is 0 Å². The lowest BCUT2D eigenvalue weighted by molar-refractivity contribution is 0.0991. The van der Waals surface area contributed by atoms with Gasteiger partial charge in [0.1, 0.15) is 4.83 Å². The Morgan fingerprint density at radius 3 is 2.33 bits per heavy atom. The molecule has 0 saturated carbocycles. The summed E-state index contributed by atoms with van der Waals surface area (Å²) < 4.78 is 0. The van der Waals surface area contributed by atoms with E-state index in [1.807, 2.05) is 62.4 Å². The molecule has 0 fully saturated rings. The van der Waals surface area contributed by atoms with Crippen LogP contribution in [-0.4, -0.2) is 5.78 Å². The highest BCUT2D eigenvalue weighted by molar-refractivity contribution is 9.09. The van der Waals surface area contributed by atoms with Crippen molar-refractivity contribution in [1.29, 1.82) is 0 Å². The molecular weight excluding hydrogens is 288 g/mol. The van der Waals surface area contributed by atoms with Gasteiger partial charge in [-0.1, -0.05) is 70.0 Å². The van der Waals surface area contributed by atoms with E-state index in [-0.39, 0.29) is 10.6 Å². The number of carbonyl (C=O) groups excluding carboxylic acids is 1. The summed E-state index contributed by atoms with van der Waals surface area (Å²) in [6, 6.07) is 15.7. The van der Waals surface area contributed by atoms with Crippen LogP contribution in [0.1, 0.15) is 31.9 Å². The molecule has 0 aliphatic rings. The average molecular weight is 303 g/mol. The first-order valence-electron chi connectivity index (χ1n) is 5.90. The molecule has 1 unspecified atom stereocenters. The second-order valence-corrected chi connectivity index (χ2v) is 5.37. The van der Waals surface area contributed by atoms with Gasteiger partial charge in [0.15, 0.2) is 5.78 Å². The molecule has 0 amide bonds. The molecule has 0 radical (unpaired) electrons. The van der Waals surface area contributed by atoms with Crippen LogP contribution >= 0.6 is 15.9 Å². The van der Waals surface area contributed by atoms with Gasteiger partial charge in [-0.2, -0.15) is 0 Å². The maximum atomic E-state index is 12.4. The Bertz CT molecular complexity index is 561. The highest BCUT2D eigenvalue weighted by Crippen LogP contribution is 2.28. The third-order valence-corrected chi connectivity index (χ3v) is 3.91. The van der Waals surface area contributed by atoms with Gasteiger partial charge in [-0.3, -0.25) is 4.79 Å². The predicted octanol–water partition coefficient (Wildman–Crippen LogP) is 4.62. The SMILES string of the molecule is Cc1ccc(C(=O)C(Br)c2ccccc2)c(C)c1. The van der Waals surface area contributed by atoms with Crippen molar-refractivity contribution in [3.8, 4) is 0 Å². The largest absolute Gasteiger partial charge is 0.293 e. The van der Waals surface area contributed by atoms with Crippen molar-refractivity contribution < 1.29 is 4.79 Å². The first-order valence-corrected chi connectivity index (χ1v) is 6.81. The Morgan fingerprint density at radius 1 is 1.06 bits per heavy atom. The van der Waals surface area contributed by atoms with Gasteiger partial charge < -0.3 is 0 Å². The monoisotopic (exact) mass is 302 g/mol. The lowest BCUT2D eigenvalue weighted by Gasteiger charge is -2.11. The number of hydrogen-bond donors (Lipinski definition) is 0. The number of ketones is 1. The molecule has 1 atom stereocenters. The summed E-state index contributed by atoms with van der Waals surface area (Å²) >= 11 is 3.49. The van der Waals surface area contributed by atoms with Crippen molar-refractivity contribution in [3.63, 3.8) is 0 Å². The van der Waals surface area contributed by atoms with Gasteiger partial charge in [0.05, 0.1) is 0 Å². The van der Waals surface area contributed by atoms with Crippen LogP contribution in [0.15, 0.2) is 48.5 Å². The number of hydrogen-bond acceptors (Lipinski definition) is 1. The molecule has 92 valence electrons. The Morgan fingerprint density at radius 2 is 1.72 bits per heavy atom. The van der Waals surface area contributed by atoms with Crippen molar-refractivity contribution in [1.82, 2.24) is 0 Å². The van der Waals surface area contributed by atoms with Crippen molar-refractivity contribution in [2.24, 2.45) is 0 Å². The molecule has 0 aliphatic carbocycles. The van der Waals surface area contributed by atoms with Gasteiger partial charge in [-0.15, -0.1) is 0 Å². The zero-order valence-electron chi connectivity index (χ0n) is 10.5. The van der Waals surface area contributed by atoms with E-state index in [9.17, 15) is 4.79 Å². The van der Waals surface area contributed by atoms with Gasteiger partial charge in [0, 0.05) is 5.56 Å². The number of aryl methyl sites for hydroxylation is 2. The van der Waals surface area contributed by atoms with E-state index in [0.29, 0.717) is 0 Å². The van der Waals surface area contributed by atoms with Crippen molar-refractivity contribution in [2.75, 3.05) is 0 Å². The maximum absolute atomic E-state index is 12.4. The van der Waals surface area contributed by atoms with E-state index in [1.54, 1.807) is 0 Å². The zero-order chi connectivity index (χ0) is 13.1. The Kier molecular flexibility index (Phi) is 3.97. The molecule has 0 heterocycles. The minimum atomic E-state index is -0.278. The number of rotatable bonds is 3. The summed E-state index contributed by atoms with van der Waals surface area (Å²) in [6.45, 7) is 4.01. The topological polar surface area (TPSA) is 17.1 Å². The summed E-state index contributed by atoms with van der Waals surface area (Å²) in [5.41, 5.74) is 3.98. The van der Waals surface area contributed by atoms with Crippen LogP contribution in [0, 0.1) is 13.8 Å². The summed E-state index contributed by atoms with van der Waals surface area (Å²) in [5.74, 6) is 0.110. The van der Waals surface area contributed by atoms with Crippen LogP contribution < -0.4 is 0 Å². The Balaban J connectivity index is 2.32. The fourth-order valence-corrected chi connectivity index (χ4v) is 2.55. The Labute approximate surface area is 116 Å². The smallest absolute Gasteiger partial charge is 0.181 e. The summed E-state index contributed by atoms with van der Waals surface area (Å²) in [7, 11) is 0. The first kappa shape index (κ1) is 13.0. The fraction of sp³-hybridized carbons (Fsp3) is 0.188. The van der Waals surface area contributed by atoms with E-state index in [2.05, 4.69) is 15.9 Å². The molecule has 2 aromatic rings. The highest BCUT2D eigenvalue weighted by atomic mass is 79.9. The quantitative estimate of drug-likeness (QED) is 0.597. The van der Waals surface area contributed by atoms with Crippen molar-refractivity contribution in [2.45, 2.75) is 18.7 Å². The van der Waals surface area contributed by atoms with Crippen molar-refractivity contribution >= 4 is 21.7 Å². The molecule has 0 N–H and O–H groups in total. The predicted molar refractivity (Wildman–Crippen MR) is 78.4 cm³/mol. The number of Topliss-reactive ketones (excluding diaryl/α,β-unsaturated/α-hetero) is 1. The van der Waals surface area contributed by atoms with Crippen LogP contribution in [0.3, 0.4) is 0 Å². The molecule has 2 rings (SSSR count). The van der Waals surface area contributed by atoms with Crippen molar-refractivity contribution in [3.05, 3.63) is 70.8 Å². The maximum Gasteiger partial charge on any atom is 0.181 e. The number of benzene rings is 2. The van der Waals surface area contributed by atoms with E-state index in [1.165, 1.54) is 5.56 Å². The van der Waals surface area contributed by atoms with E-state index in [4.69, 9.17) is 0 Å². The molecule has 0 spiro atoms. The minimum Gasteiger partial charge on any atom is -0.293 e. The second kappa shape index (κ2) is 5.49. The Hall–Kier alpha value is -1.41. The normalized spacial score (nSPS) is 12.2. The number of carbonyl (C=O) groups is 1. The van der Waals surface area contributed by atoms with Gasteiger partial charge >= 0.3 is 0 Å². The molecule has 0 aliphatic heterocycles. The van der Waals surface area contributed by atoms with Crippen LogP contribution in [0.5, 0.6) is 0 Å². The molecule has 0 bridgehead atoms. The van der Waals surface area contributed by atoms with Crippen LogP contribution in [0.2, 0.25) is 0 Å². The van der Waals surface area contributed by atoms with Gasteiger partial charge in [0.25, 0.3) is 0 Å². The average Bonchev–Trinajstić information content (AvgIpc) is 2.38.